The fourth-order valence-electron chi connectivity index (χ4n) is 3.95. The molecular formula is C26H39NO8PS+. The van der Waals surface area contributed by atoms with Crippen molar-refractivity contribution in [2.24, 2.45) is 0 Å². The zero-order chi connectivity index (χ0) is 27.3. The zero-order valence-electron chi connectivity index (χ0n) is 21.1. The Hall–Kier alpha value is -1.75. The maximum absolute atomic E-state index is 12.9. The first-order chi connectivity index (χ1) is 17.5. The van der Waals surface area contributed by atoms with Gasteiger partial charge in [-0.3, -0.25) is 0 Å². The first-order valence-electron chi connectivity index (χ1n) is 12.5. The number of hydrogen-bond donors (Lipinski definition) is 5. The third kappa shape index (κ3) is 11.7. The topological polar surface area (TPSA) is 153 Å². The Balaban J connectivity index is 2.17. The lowest BCUT2D eigenvalue weighted by Crippen LogP contribution is -2.52. The van der Waals surface area contributed by atoms with Crippen LogP contribution in [0.4, 0.5) is 0 Å². The van der Waals surface area contributed by atoms with Gasteiger partial charge in [0.25, 0.3) is 0 Å². The minimum atomic E-state index is -5.02. The van der Waals surface area contributed by atoms with E-state index in [-0.39, 0.29) is 18.8 Å². The van der Waals surface area contributed by atoms with Crippen molar-refractivity contribution < 1.29 is 37.7 Å². The fourth-order valence-corrected chi connectivity index (χ4v) is 5.88. The lowest BCUT2D eigenvalue weighted by molar-refractivity contribution is -0.135. The number of unbranched alkanes of at least 4 members (excludes halogenated alkanes) is 3. The van der Waals surface area contributed by atoms with E-state index in [1.54, 1.807) is 30.3 Å². The van der Waals surface area contributed by atoms with E-state index in [1.165, 1.54) is 0 Å². The normalized spacial score (nSPS) is 14.7. The van der Waals surface area contributed by atoms with Crippen LogP contribution >= 0.6 is 7.94 Å². The number of benzene rings is 2. The molecule has 0 fully saturated rings. The molecule has 3 atom stereocenters. The number of aryl methyl sites for hydroxylation is 1. The molecule has 2 aromatic rings. The molecule has 0 saturated carbocycles. The Bertz CT molecular complexity index is 1030. The minimum Gasteiger partial charge on any atom is -0.388 e. The van der Waals surface area contributed by atoms with Crippen molar-refractivity contribution in [1.82, 2.24) is 4.72 Å². The summed E-state index contributed by atoms with van der Waals surface area (Å²) in [5, 5.41) is 11.1. The molecule has 206 valence electrons. The molecule has 0 spiro atoms. The summed E-state index contributed by atoms with van der Waals surface area (Å²) in [7, 11) is -8.87. The second-order valence-electron chi connectivity index (χ2n) is 9.10. The Labute approximate surface area is 220 Å². The third-order valence-electron chi connectivity index (χ3n) is 5.95. The Kier molecular flexibility index (Phi) is 13.3. The molecule has 2 aromatic carbocycles. The van der Waals surface area contributed by atoms with Gasteiger partial charge in [0.2, 0.25) is 10.0 Å². The maximum Gasteiger partial charge on any atom is 0.481 e. The molecule has 0 heterocycles. The summed E-state index contributed by atoms with van der Waals surface area (Å²) in [6, 6.07) is 17.0. The van der Waals surface area contributed by atoms with Crippen LogP contribution in [-0.2, 0) is 32.6 Å². The summed E-state index contributed by atoms with van der Waals surface area (Å²) in [5.74, 6) is -0.194. The standard InChI is InChI=1S/C26H39NO8PS/c1-2-3-4-11-18-23(27-37(33,34)19-12-17-21-13-7-5-8-14-21)24(28)25(26(29)36(30,31)32)35-20-22-15-9-6-10-16-22/h5-10,13-16,23-25,27-28,30-32H,2-4,11-12,17-20H2,1H3/q+1. The monoisotopic (exact) mass is 556 g/mol. The predicted octanol–water partition coefficient (Wildman–Crippen LogP) is 3.09. The molecule has 0 aromatic heterocycles. The second kappa shape index (κ2) is 15.6. The van der Waals surface area contributed by atoms with E-state index in [2.05, 4.69) is 4.72 Å². The lowest BCUT2D eigenvalue weighted by Gasteiger charge is -2.29. The highest BCUT2D eigenvalue weighted by Gasteiger charge is 2.52. The second-order valence-corrected chi connectivity index (χ2v) is 12.5. The van der Waals surface area contributed by atoms with Gasteiger partial charge in [0.1, 0.15) is 6.10 Å². The highest BCUT2D eigenvalue weighted by atomic mass is 32.2. The molecule has 0 saturated heterocycles. The van der Waals surface area contributed by atoms with Crippen LogP contribution in [0.25, 0.3) is 0 Å². The third-order valence-corrected chi connectivity index (χ3v) is 8.29. The number of carbonyl (C=O) groups is 1. The van der Waals surface area contributed by atoms with Crippen LogP contribution < -0.4 is 4.72 Å². The molecule has 0 aliphatic heterocycles. The average molecular weight is 557 g/mol. The molecule has 0 radical (unpaired) electrons. The Morgan fingerprint density at radius 1 is 0.919 bits per heavy atom. The lowest BCUT2D eigenvalue weighted by atomic mass is 10.00. The van der Waals surface area contributed by atoms with Gasteiger partial charge in [-0.05, 0) is 30.4 Å². The van der Waals surface area contributed by atoms with E-state index in [0.29, 0.717) is 24.8 Å². The van der Waals surface area contributed by atoms with Gasteiger partial charge in [0.05, 0.1) is 18.4 Å². The quantitative estimate of drug-likeness (QED) is 0.139. The van der Waals surface area contributed by atoms with Crippen LogP contribution in [0.2, 0.25) is 0 Å². The van der Waals surface area contributed by atoms with Crippen LogP contribution in [0, 0.1) is 0 Å². The Morgan fingerprint density at radius 2 is 1.51 bits per heavy atom. The van der Waals surface area contributed by atoms with Crippen LogP contribution in [0.1, 0.15) is 56.6 Å². The molecule has 37 heavy (non-hydrogen) atoms. The van der Waals surface area contributed by atoms with Crippen molar-refractivity contribution in [1.29, 1.82) is 0 Å². The number of rotatable bonds is 18. The first-order valence-corrected chi connectivity index (χ1v) is 15.8. The summed E-state index contributed by atoms with van der Waals surface area (Å²) in [6.07, 6.45) is 0.720. The van der Waals surface area contributed by atoms with E-state index >= 15 is 0 Å². The highest BCUT2D eigenvalue weighted by Crippen LogP contribution is 2.47. The molecule has 5 N–H and O–H groups in total. The smallest absolute Gasteiger partial charge is 0.388 e. The summed E-state index contributed by atoms with van der Waals surface area (Å²) < 4.78 is 33.9. The van der Waals surface area contributed by atoms with Crippen molar-refractivity contribution >= 4 is 23.5 Å². The molecular weight excluding hydrogens is 517 g/mol. The molecule has 2 rings (SSSR count). The van der Waals surface area contributed by atoms with Crippen molar-refractivity contribution in [3.63, 3.8) is 0 Å². The SMILES string of the molecule is CCCCCCC(NS(=O)(=O)CCCc1ccccc1)C(O)C(OCc1ccccc1)C(=O)[P+](O)(O)O. The molecule has 0 aliphatic carbocycles. The van der Waals surface area contributed by atoms with Crippen LogP contribution in [0.3, 0.4) is 0 Å². The van der Waals surface area contributed by atoms with E-state index in [9.17, 15) is 33.0 Å². The van der Waals surface area contributed by atoms with Gasteiger partial charge < -0.3 is 9.84 Å². The highest BCUT2D eigenvalue weighted by molar-refractivity contribution is 7.89. The number of ether oxygens (including phenoxy) is 1. The summed E-state index contributed by atoms with van der Waals surface area (Å²) >= 11 is 0. The van der Waals surface area contributed by atoms with Gasteiger partial charge in [-0.1, -0.05) is 93.3 Å². The number of aliphatic hydroxyl groups is 1. The number of aliphatic hydroxyl groups excluding tert-OH is 1. The molecule has 0 bridgehead atoms. The minimum absolute atomic E-state index is 0.166. The molecule has 11 heteroatoms. The molecule has 3 unspecified atom stereocenters. The van der Waals surface area contributed by atoms with Crippen LogP contribution in [0.15, 0.2) is 60.7 Å². The van der Waals surface area contributed by atoms with E-state index < -0.39 is 41.7 Å². The maximum atomic E-state index is 12.9. The van der Waals surface area contributed by atoms with Gasteiger partial charge >= 0.3 is 13.5 Å². The molecule has 0 aliphatic rings. The van der Waals surface area contributed by atoms with E-state index in [0.717, 1.165) is 24.8 Å². The number of sulfonamides is 1. The molecule has 9 nitrogen and oxygen atoms in total. The van der Waals surface area contributed by atoms with Gasteiger partial charge in [0.15, 0.2) is 6.10 Å². The van der Waals surface area contributed by atoms with Crippen molar-refractivity contribution in [2.45, 2.75) is 76.7 Å². The molecule has 0 amide bonds. The van der Waals surface area contributed by atoms with Gasteiger partial charge in [-0.25, -0.2) is 17.9 Å². The van der Waals surface area contributed by atoms with Crippen molar-refractivity contribution in [3.8, 4) is 0 Å². The average Bonchev–Trinajstić information content (AvgIpc) is 2.86. The first kappa shape index (κ1) is 31.5. The Morgan fingerprint density at radius 3 is 2.08 bits per heavy atom. The summed E-state index contributed by atoms with van der Waals surface area (Å²) in [6.45, 7) is 1.86. The number of carbonyl (C=O) groups excluding carboxylic acids is 1. The fraction of sp³-hybridized carbons (Fsp3) is 0.500. The van der Waals surface area contributed by atoms with Crippen molar-refractivity contribution in [2.75, 3.05) is 5.75 Å². The van der Waals surface area contributed by atoms with Gasteiger partial charge in [-0.2, -0.15) is 14.7 Å². The van der Waals surface area contributed by atoms with Crippen molar-refractivity contribution in [3.05, 3.63) is 71.8 Å². The number of nitrogens with one attached hydrogen (secondary N) is 1. The largest absolute Gasteiger partial charge is 0.481 e. The summed E-state index contributed by atoms with van der Waals surface area (Å²) in [4.78, 5) is 41.5. The van der Waals surface area contributed by atoms with E-state index in [1.807, 2.05) is 37.3 Å². The van der Waals surface area contributed by atoms with Crippen LogP contribution in [0.5, 0.6) is 0 Å². The zero-order valence-corrected chi connectivity index (χ0v) is 22.9. The van der Waals surface area contributed by atoms with E-state index in [4.69, 9.17) is 4.74 Å². The van der Waals surface area contributed by atoms with Gasteiger partial charge in [-0.15, -0.1) is 0 Å². The van der Waals surface area contributed by atoms with Gasteiger partial charge in [0, 0.05) is 0 Å². The predicted molar refractivity (Wildman–Crippen MR) is 144 cm³/mol. The van der Waals surface area contributed by atoms with Crippen LogP contribution in [-0.4, -0.2) is 57.7 Å². The summed E-state index contributed by atoms with van der Waals surface area (Å²) in [5.41, 5.74) is 0.173. The number of hydrogen-bond acceptors (Lipinski definition) is 8.